The molecule has 0 aliphatic heterocycles. The highest BCUT2D eigenvalue weighted by Crippen LogP contribution is 2.38. The first-order valence-corrected chi connectivity index (χ1v) is 10.2. The zero-order chi connectivity index (χ0) is 20.7. The lowest BCUT2D eigenvalue weighted by molar-refractivity contribution is 0.668. The molecule has 4 aromatic heterocycles. The number of aryl methyl sites for hydroxylation is 1. The van der Waals surface area contributed by atoms with Crippen LogP contribution in [0.4, 0.5) is 0 Å². The number of aromatic nitrogens is 5. The lowest BCUT2D eigenvalue weighted by Gasteiger charge is -2.14. The Hall–Kier alpha value is -3.76. The first-order chi connectivity index (χ1) is 14.7. The minimum Gasteiger partial charge on any atom is -0.323 e. The van der Waals surface area contributed by atoms with Gasteiger partial charge in [-0.2, -0.15) is 5.10 Å². The summed E-state index contributed by atoms with van der Waals surface area (Å²) in [6.07, 6.45) is 8.86. The number of rotatable bonds is 4. The van der Waals surface area contributed by atoms with Crippen LogP contribution >= 0.6 is 11.3 Å². The third kappa shape index (κ3) is 2.81. The van der Waals surface area contributed by atoms with E-state index in [9.17, 15) is 4.79 Å². The summed E-state index contributed by atoms with van der Waals surface area (Å²) in [5.41, 5.74) is 3.17. The van der Waals surface area contributed by atoms with Crippen molar-refractivity contribution >= 4 is 32.6 Å². The smallest absolute Gasteiger partial charge is 0.292 e. The lowest BCUT2D eigenvalue weighted by atomic mass is 9.96. The second-order valence-electron chi connectivity index (χ2n) is 6.94. The van der Waals surface area contributed by atoms with E-state index in [-0.39, 0.29) is 18.0 Å². The molecule has 4 heterocycles. The molecule has 0 aliphatic carbocycles. The lowest BCUT2D eigenvalue weighted by Crippen LogP contribution is -2.23. The molecule has 5 aromatic rings. The predicted molar refractivity (Wildman–Crippen MR) is 119 cm³/mol. The van der Waals surface area contributed by atoms with Crippen molar-refractivity contribution in [2.45, 2.75) is 12.5 Å². The first-order valence-electron chi connectivity index (χ1n) is 9.43. The van der Waals surface area contributed by atoms with Gasteiger partial charge in [-0.1, -0.05) is 42.3 Å². The van der Waals surface area contributed by atoms with Gasteiger partial charge in [0.2, 0.25) is 0 Å². The van der Waals surface area contributed by atoms with Crippen LogP contribution in [0.5, 0.6) is 0 Å². The van der Waals surface area contributed by atoms with Gasteiger partial charge in [-0.05, 0) is 17.7 Å². The second kappa shape index (κ2) is 7.25. The van der Waals surface area contributed by atoms with Crippen LogP contribution < -0.4 is 5.56 Å². The van der Waals surface area contributed by atoms with E-state index >= 15 is 0 Å². The molecule has 0 saturated heterocycles. The Morgan fingerprint density at radius 1 is 1.17 bits per heavy atom. The van der Waals surface area contributed by atoms with E-state index in [0.29, 0.717) is 5.52 Å². The number of hydrogen-bond donors (Lipinski definition) is 0. The fraction of sp³-hybridized carbons (Fsp3) is 0.130. The molecule has 146 valence electrons. The maximum Gasteiger partial charge on any atom is 0.292 e. The number of fused-ring (bicyclic) bond motifs is 3. The molecule has 0 bridgehead atoms. The van der Waals surface area contributed by atoms with Gasteiger partial charge in [0.05, 0.1) is 22.5 Å². The monoisotopic (exact) mass is 411 g/mol. The summed E-state index contributed by atoms with van der Waals surface area (Å²) in [5, 5.41) is 5.96. The van der Waals surface area contributed by atoms with Crippen LogP contribution in [0.1, 0.15) is 22.2 Å². The maximum absolute atomic E-state index is 12.8. The van der Waals surface area contributed by atoms with Crippen molar-refractivity contribution < 1.29 is 0 Å². The number of thiazole rings is 1. The van der Waals surface area contributed by atoms with Crippen molar-refractivity contribution in [3.8, 4) is 12.3 Å². The number of nitrogens with zero attached hydrogens (tertiary/aromatic N) is 5. The molecule has 5 rings (SSSR count). The van der Waals surface area contributed by atoms with Crippen LogP contribution in [-0.4, -0.2) is 24.3 Å². The number of hydrogen-bond acceptors (Lipinski definition) is 5. The highest BCUT2D eigenvalue weighted by molar-refractivity contribution is 7.19. The third-order valence-corrected chi connectivity index (χ3v) is 6.29. The van der Waals surface area contributed by atoms with Crippen LogP contribution in [0.3, 0.4) is 0 Å². The van der Waals surface area contributed by atoms with E-state index < -0.39 is 0 Å². The van der Waals surface area contributed by atoms with Crippen LogP contribution in [0.15, 0.2) is 65.7 Å². The van der Waals surface area contributed by atoms with Crippen molar-refractivity contribution in [2.24, 2.45) is 7.05 Å². The molecule has 0 spiro atoms. The van der Waals surface area contributed by atoms with Crippen LogP contribution in [0.25, 0.3) is 21.3 Å². The number of benzene rings is 1. The van der Waals surface area contributed by atoms with Gasteiger partial charge in [0.25, 0.3) is 5.56 Å². The Morgan fingerprint density at radius 3 is 2.70 bits per heavy atom. The molecule has 0 fully saturated rings. The Morgan fingerprint density at radius 2 is 1.97 bits per heavy atom. The normalized spacial score (nSPS) is 12.3. The molecule has 1 atom stereocenters. The zero-order valence-corrected chi connectivity index (χ0v) is 17.0. The van der Waals surface area contributed by atoms with Gasteiger partial charge >= 0.3 is 0 Å². The van der Waals surface area contributed by atoms with E-state index in [1.165, 1.54) is 4.68 Å². The molecule has 0 saturated carbocycles. The SMILES string of the molecule is C#CCn1ncc2c3sc(C(c4ccccc4)c4ccccn4)nc3n(C)c2c1=O. The second-order valence-corrected chi connectivity index (χ2v) is 7.97. The van der Waals surface area contributed by atoms with Gasteiger partial charge in [-0.3, -0.25) is 9.78 Å². The van der Waals surface area contributed by atoms with E-state index in [2.05, 4.69) is 28.1 Å². The quantitative estimate of drug-likeness (QED) is 0.424. The largest absolute Gasteiger partial charge is 0.323 e. The molecule has 0 radical (unpaired) electrons. The Kier molecular flexibility index (Phi) is 4.42. The van der Waals surface area contributed by atoms with Crippen molar-refractivity contribution in [3.63, 3.8) is 0 Å². The highest BCUT2D eigenvalue weighted by atomic mass is 32.1. The van der Waals surface area contributed by atoms with E-state index in [0.717, 1.165) is 32.0 Å². The fourth-order valence-corrected chi connectivity index (χ4v) is 5.01. The summed E-state index contributed by atoms with van der Waals surface area (Å²) in [6.45, 7) is 0.141. The minimum atomic E-state index is -0.205. The highest BCUT2D eigenvalue weighted by Gasteiger charge is 2.25. The summed E-state index contributed by atoms with van der Waals surface area (Å²) in [4.78, 5) is 22.4. The number of pyridine rings is 1. The zero-order valence-electron chi connectivity index (χ0n) is 16.2. The minimum absolute atomic E-state index is 0.0883. The average molecular weight is 411 g/mol. The predicted octanol–water partition coefficient (Wildman–Crippen LogP) is 3.55. The Bertz CT molecular complexity index is 1420. The van der Waals surface area contributed by atoms with Crippen molar-refractivity contribution in [1.29, 1.82) is 0 Å². The molecule has 1 aromatic carbocycles. The molecule has 7 heteroatoms. The Balaban J connectivity index is 1.74. The summed E-state index contributed by atoms with van der Waals surface area (Å²) in [6, 6.07) is 16.1. The molecular weight excluding hydrogens is 394 g/mol. The first kappa shape index (κ1) is 18.3. The fourth-order valence-electron chi connectivity index (χ4n) is 3.76. The van der Waals surface area contributed by atoms with E-state index in [4.69, 9.17) is 11.4 Å². The molecule has 0 aliphatic rings. The van der Waals surface area contributed by atoms with Gasteiger partial charge in [0.1, 0.15) is 17.1 Å². The molecule has 0 amide bonds. The topological polar surface area (TPSA) is 65.6 Å². The van der Waals surface area contributed by atoms with Crippen LogP contribution in [0, 0.1) is 12.3 Å². The summed E-state index contributed by atoms with van der Waals surface area (Å²) in [7, 11) is 1.86. The van der Waals surface area contributed by atoms with Gasteiger partial charge in [0.15, 0.2) is 5.65 Å². The van der Waals surface area contributed by atoms with Gasteiger partial charge < -0.3 is 4.57 Å². The van der Waals surface area contributed by atoms with Crippen LogP contribution in [-0.2, 0) is 13.6 Å². The van der Waals surface area contributed by atoms with Gasteiger partial charge in [0, 0.05) is 18.6 Å². The molecule has 0 N–H and O–H groups in total. The molecule has 30 heavy (non-hydrogen) atoms. The molecule has 1 unspecified atom stereocenters. The van der Waals surface area contributed by atoms with Crippen molar-refractivity contribution in [3.05, 3.63) is 87.5 Å². The molecular formula is C23H17N5OS. The van der Waals surface area contributed by atoms with E-state index in [1.807, 2.05) is 48.0 Å². The summed E-state index contributed by atoms with van der Waals surface area (Å²) >= 11 is 1.57. The molecule has 6 nitrogen and oxygen atoms in total. The van der Waals surface area contributed by atoms with Crippen LogP contribution in [0.2, 0.25) is 0 Å². The standard InChI is InChI=1S/C23H17N5OS/c1-3-13-28-23(29)19-16(14-25-28)20-21(27(19)2)26-22(30-20)18(15-9-5-4-6-10-15)17-11-7-8-12-24-17/h1,4-12,14,18H,13H2,2H3. The maximum atomic E-state index is 12.8. The van der Waals surface area contributed by atoms with E-state index in [1.54, 1.807) is 23.7 Å². The Labute approximate surface area is 176 Å². The van der Waals surface area contributed by atoms with Crippen molar-refractivity contribution in [2.75, 3.05) is 0 Å². The average Bonchev–Trinajstić information content (AvgIpc) is 3.31. The summed E-state index contributed by atoms with van der Waals surface area (Å²) in [5.74, 6) is 2.38. The summed E-state index contributed by atoms with van der Waals surface area (Å²) < 4.78 is 4.08. The third-order valence-electron chi connectivity index (χ3n) is 5.15. The van der Waals surface area contributed by atoms with Crippen molar-refractivity contribution in [1.82, 2.24) is 24.3 Å². The van der Waals surface area contributed by atoms with Gasteiger partial charge in [-0.25, -0.2) is 9.67 Å². The number of terminal acetylenes is 1. The van der Waals surface area contributed by atoms with Gasteiger partial charge in [-0.15, -0.1) is 17.8 Å².